The van der Waals surface area contributed by atoms with E-state index in [2.05, 4.69) is 15.9 Å². The molecule has 0 amide bonds. The standard InChI is InChI=1S/C14H22BrFN2O2S/c1-4-7-18(10-14(2,3)9-17)21(19,20)11-5-6-12(15)13(16)8-11/h5-6,8H,4,7,9-10,17H2,1-3H3. The normalized spacial score (nSPS) is 12.9. The number of halogens is 2. The van der Waals surface area contributed by atoms with Gasteiger partial charge in [0.15, 0.2) is 0 Å². The maximum absolute atomic E-state index is 13.6. The Hall–Kier alpha value is -0.500. The van der Waals surface area contributed by atoms with E-state index in [1.165, 1.54) is 16.4 Å². The second-order valence-corrected chi connectivity index (χ2v) is 8.58. The molecule has 0 spiro atoms. The Kier molecular flexibility index (Phi) is 6.34. The number of rotatable bonds is 7. The van der Waals surface area contributed by atoms with Crippen molar-refractivity contribution in [1.29, 1.82) is 0 Å². The lowest BCUT2D eigenvalue weighted by molar-refractivity contribution is 0.266. The lowest BCUT2D eigenvalue weighted by Crippen LogP contribution is -2.42. The lowest BCUT2D eigenvalue weighted by Gasteiger charge is -2.31. The second-order valence-electron chi connectivity index (χ2n) is 5.78. The first-order valence-electron chi connectivity index (χ1n) is 6.79. The summed E-state index contributed by atoms with van der Waals surface area (Å²) in [6, 6.07) is 3.85. The van der Waals surface area contributed by atoms with Gasteiger partial charge in [-0.15, -0.1) is 0 Å². The molecule has 2 N–H and O–H groups in total. The van der Waals surface area contributed by atoms with Gasteiger partial charge in [0.05, 0.1) is 9.37 Å². The Balaban J connectivity index is 3.18. The predicted octanol–water partition coefficient (Wildman–Crippen LogP) is 2.97. The molecule has 0 saturated carbocycles. The summed E-state index contributed by atoms with van der Waals surface area (Å²) in [4.78, 5) is -0.0375. The fraction of sp³-hybridized carbons (Fsp3) is 0.571. The minimum Gasteiger partial charge on any atom is -0.330 e. The van der Waals surface area contributed by atoms with Crippen molar-refractivity contribution in [3.05, 3.63) is 28.5 Å². The highest BCUT2D eigenvalue weighted by molar-refractivity contribution is 9.10. The molecule has 7 heteroatoms. The first kappa shape index (κ1) is 18.5. The van der Waals surface area contributed by atoms with Gasteiger partial charge in [0.25, 0.3) is 0 Å². The molecule has 0 aliphatic rings. The molecule has 0 aromatic heterocycles. The Morgan fingerprint density at radius 1 is 1.38 bits per heavy atom. The molecule has 0 aliphatic carbocycles. The Bertz CT molecular complexity index is 591. The Morgan fingerprint density at radius 2 is 2.00 bits per heavy atom. The van der Waals surface area contributed by atoms with Crippen LogP contribution in [-0.2, 0) is 10.0 Å². The molecular formula is C14H22BrFN2O2S. The highest BCUT2D eigenvalue weighted by atomic mass is 79.9. The van der Waals surface area contributed by atoms with Crippen molar-refractivity contribution in [3.8, 4) is 0 Å². The highest BCUT2D eigenvalue weighted by Gasteiger charge is 2.30. The van der Waals surface area contributed by atoms with Gasteiger partial charge in [-0.1, -0.05) is 20.8 Å². The van der Waals surface area contributed by atoms with E-state index in [4.69, 9.17) is 5.73 Å². The molecule has 21 heavy (non-hydrogen) atoms. The molecule has 0 saturated heterocycles. The van der Waals surface area contributed by atoms with Gasteiger partial charge in [-0.25, -0.2) is 12.8 Å². The third-order valence-corrected chi connectivity index (χ3v) is 5.64. The molecule has 1 aromatic carbocycles. The number of hydrogen-bond donors (Lipinski definition) is 1. The zero-order chi connectivity index (χ0) is 16.3. The largest absolute Gasteiger partial charge is 0.330 e. The van der Waals surface area contributed by atoms with Crippen molar-refractivity contribution < 1.29 is 12.8 Å². The molecule has 0 atom stereocenters. The second kappa shape index (κ2) is 7.17. The van der Waals surface area contributed by atoms with Gasteiger partial charge in [-0.2, -0.15) is 4.31 Å². The molecule has 120 valence electrons. The van der Waals surface area contributed by atoms with Crippen LogP contribution in [0.5, 0.6) is 0 Å². The Morgan fingerprint density at radius 3 is 2.48 bits per heavy atom. The third kappa shape index (κ3) is 4.74. The first-order valence-corrected chi connectivity index (χ1v) is 9.02. The van der Waals surface area contributed by atoms with E-state index in [1.807, 2.05) is 20.8 Å². The maximum Gasteiger partial charge on any atom is 0.243 e. The van der Waals surface area contributed by atoms with E-state index in [0.29, 0.717) is 26.1 Å². The van der Waals surface area contributed by atoms with E-state index >= 15 is 0 Å². The van der Waals surface area contributed by atoms with Gasteiger partial charge in [0, 0.05) is 13.1 Å². The SMILES string of the molecule is CCCN(CC(C)(C)CN)S(=O)(=O)c1ccc(Br)c(F)c1. The van der Waals surface area contributed by atoms with Gasteiger partial charge in [0.1, 0.15) is 5.82 Å². The smallest absolute Gasteiger partial charge is 0.243 e. The van der Waals surface area contributed by atoms with Crippen molar-refractivity contribution in [2.45, 2.75) is 32.1 Å². The van der Waals surface area contributed by atoms with Crippen molar-refractivity contribution in [1.82, 2.24) is 4.31 Å². The monoisotopic (exact) mass is 380 g/mol. The van der Waals surface area contributed by atoms with Gasteiger partial charge < -0.3 is 5.73 Å². The van der Waals surface area contributed by atoms with E-state index in [9.17, 15) is 12.8 Å². The molecular weight excluding hydrogens is 359 g/mol. The molecule has 1 aromatic rings. The summed E-state index contributed by atoms with van der Waals surface area (Å²) in [5.74, 6) is -0.592. The molecule has 0 heterocycles. The van der Waals surface area contributed by atoms with E-state index < -0.39 is 15.8 Å². The van der Waals surface area contributed by atoms with Crippen molar-refractivity contribution >= 4 is 26.0 Å². The summed E-state index contributed by atoms with van der Waals surface area (Å²) >= 11 is 3.02. The summed E-state index contributed by atoms with van der Waals surface area (Å²) in [6.45, 7) is 6.78. The minimum atomic E-state index is -3.73. The van der Waals surface area contributed by atoms with Crippen LogP contribution in [0, 0.1) is 11.2 Å². The van der Waals surface area contributed by atoms with Crippen LogP contribution in [0.3, 0.4) is 0 Å². The van der Waals surface area contributed by atoms with Crippen LogP contribution < -0.4 is 5.73 Å². The number of sulfonamides is 1. The number of nitrogens with two attached hydrogens (primary N) is 1. The molecule has 0 radical (unpaired) electrons. The summed E-state index contributed by atoms with van der Waals surface area (Å²) in [5, 5.41) is 0. The zero-order valence-corrected chi connectivity index (χ0v) is 15.0. The number of hydrogen-bond acceptors (Lipinski definition) is 3. The Labute approximate surface area is 134 Å². The fourth-order valence-corrected chi connectivity index (χ4v) is 3.84. The van der Waals surface area contributed by atoms with Crippen LogP contribution >= 0.6 is 15.9 Å². The van der Waals surface area contributed by atoms with Crippen molar-refractivity contribution in [2.75, 3.05) is 19.6 Å². The average molecular weight is 381 g/mol. The topological polar surface area (TPSA) is 63.4 Å². The van der Waals surface area contributed by atoms with Crippen LogP contribution in [-0.4, -0.2) is 32.4 Å². The van der Waals surface area contributed by atoms with Gasteiger partial charge in [0.2, 0.25) is 10.0 Å². The van der Waals surface area contributed by atoms with E-state index in [1.54, 1.807) is 0 Å². The highest BCUT2D eigenvalue weighted by Crippen LogP contribution is 2.25. The molecule has 0 bridgehead atoms. The lowest BCUT2D eigenvalue weighted by atomic mass is 9.94. The quantitative estimate of drug-likeness (QED) is 0.790. The summed E-state index contributed by atoms with van der Waals surface area (Å²) < 4.78 is 40.6. The molecule has 0 unspecified atom stereocenters. The van der Waals surface area contributed by atoms with Crippen LogP contribution in [0.2, 0.25) is 0 Å². The maximum atomic E-state index is 13.6. The molecule has 4 nitrogen and oxygen atoms in total. The van der Waals surface area contributed by atoms with Gasteiger partial charge in [-0.05, 0) is 52.5 Å². The van der Waals surface area contributed by atoms with Gasteiger partial charge >= 0.3 is 0 Å². The average Bonchev–Trinajstić information content (AvgIpc) is 2.41. The van der Waals surface area contributed by atoms with Gasteiger partial charge in [-0.3, -0.25) is 0 Å². The van der Waals surface area contributed by atoms with E-state index in [-0.39, 0.29) is 14.8 Å². The number of nitrogens with zero attached hydrogens (tertiary/aromatic N) is 1. The van der Waals surface area contributed by atoms with Crippen LogP contribution in [0.4, 0.5) is 4.39 Å². The molecule has 0 fully saturated rings. The zero-order valence-electron chi connectivity index (χ0n) is 12.6. The number of benzene rings is 1. The first-order chi connectivity index (χ1) is 9.64. The van der Waals surface area contributed by atoms with Crippen molar-refractivity contribution in [2.24, 2.45) is 11.1 Å². The van der Waals surface area contributed by atoms with E-state index in [0.717, 1.165) is 6.07 Å². The van der Waals surface area contributed by atoms with Crippen LogP contribution in [0.25, 0.3) is 0 Å². The third-order valence-electron chi connectivity index (χ3n) is 3.16. The minimum absolute atomic E-state index is 0.0375. The fourth-order valence-electron chi connectivity index (χ4n) is 1.86. The molecule has 0 aliphatic heterocycles. The summed E-state index contributed by atoms with van der Waals surface area (Å²) in [5.41, 5.74) is 5.35. The van der Waals surface area contributed by atoms with Crippen LogP contribution in [0.15, 0.2) is 27.6 Å². The van der Waals surface area contributed by atoms with Crippen molar-refractivity contribution in [3.63, 3.8) is 0 Å². The van der Waals surface area contributed by atoms with Crippen LogP contribution in [0.1, 0.15) is 27.2 Å². The molecule has 1 rings (SSSR count). The summed E-state index contributed by atoms with van der Waals surface area (Å²) in [7, 11) is -3.73. The predicted molar refractivity (Wildman–Crippen MR) is 86.0 cm³/mol. The summed E-state index contributed by atoms with van der Waals surface area (Å²) in [6.07, 6.45) is 0.679.